The predicted octanol–water partition coefficient (Wildman–Crippen LogP) is 2.80. The van der Waals surface area contributed by atoms with E-state index in [0.29, 0.717) is 24.6 Å². The van der Waals surface area contributed by atoms with E-state index in [4.69, 9.17) is 0 Å². The molecule has 0 saturated heterocycles. The molecule has 2 rings (SSSR count). The zero-order chi connectivity index (χ0) is 17.7. The summed E-state index contributed by atoms with van der Waals surface area (Å²) in [5.74, 6) is -0.327. The number of carbonyl (C=O) groups is 3. The SMILES string of the molecule is CC(C)CCNC(=O)CCCN1C(=O)N=C2C=CC(Br)=CC2C1=O. The highest BCUT2D eigenvalue weighted by Crippen LogP contribution is 2.24. The van der Waals surface area contributed by atoms with E-state index in [1.807, 2.05) is 0 Å². The largest absolute Gasteiger partial charge is 0.356 e. The van der Waals surface area contributed by atoms with Gasteiger partial charge >= 0.3 is 6.03 Å². The number of amides is 4. The molecule has 1 atom stereocenters. The number of rotatable bonds is 7. The number of allylic oxidation sites excluding steroid dienone is 3. The number of nitrogens with one attached hydrogen (secondary N) is 1. The molecule has 2 aliphatic rings. The average molecular weight is 396 g/mol. The molecule has 0 bridgehead atoms. The maximum atomic E-state index is 12.5. The van der Waals surface area contributed by atoms with Crippen molar-refractivity contribution in [2.45, 2.75) is 33.1 Å². The highest BCUT2D eigenvalue weighted by molar-refractivity contribution is 9.11. The van der Waals surface area contributed by atoms with Crippen molar-refractivity contribution < 1.29 is 14.4 Å². The number of carbonyl (C=O) groups excluding carboxylic acids is 3. The molecular formula is C17H22BrN3O3. The van der Waals surface area contributed by atoms with Gasteiger partial charge in [0.25, 0.3) is 0 Å². The predicted molar refractivity (Wildman–Crippen MR) is 95.9 cm³/mol. The van der Waals surface area contributed by atoms with Crippen LogP contribution in [0, 0.1) is 11.8 Å². The molecular weight excluding hydrogens is 374 g/mol. The Balaban J connectivity index is 1.84. The number of hydrogen-bond acceptors (Lipinski definition) is 3. The second-order valence-electron chi connectivity index (χ2n) is 6.31. The average Bonchev–Trinajstić information content (AvgIpc) is 2.51. The Labute approximate surface area is 150 Å². The molecule has 1 heterocycles. The Hall–Kier alpha value is -1.76. The monoisotopic (exact) mass is 395 g/mol. The van der Waals surface area contributed by atoms with Crippen molar-refractivity contribution in [1.82, 2.24) is 10.2 Å². The van der Waals surface area contributed by atoms with Crippen LogP contribution in [-0.2, 0) is 9.59 Å². The van der Waals surface area contributed by atoms with E-state index in [-0.39, 0.29) is 24.8 Å². The zero-order valence-corrected chi connectivity index (χ0v) is 15.5. The minimum atomic E-state index is -0.553. The van der Waals surface area contributed by atoms with Crippen molar-refractivity contribution >= 4 is 39.5 Å². The van der Waals surface area contributed by atoms with Crippen LogP contribution in [0.5, 0.6) is 0 Å². The van der Waals surface area contributed by atoms with Crippen molar-refractivity contribution in [1.29, 1.82) is 0 Å². The van der Waals surface area contributed by atoms with Crippen LogP contribution in [0.4, 0.5) is 4.79 Å². The lowest BCUT2D eigenvalue weighted by atomic mass is 9.95. The topological polar surface area (TPSA) is 78.8 Å². The fraction of sp³-hybridized carbons (Fsp3) is 0.529. The molecule has 130 valence electrons. The summed E-state index contributed by atoms with van der Waals surface area (Å²) in [5, 5.41) is 2.85. The summed E-state index contributed by atoms with van der Waals surface area (Å²) in [4.78, 5) is 41.3. The minimum absolute atomic E-state index is 0.0556. The Morgan fingerprint density at radius 2 is 2.12 bits per heavy atom. The molecule has 0 aromatic carbocycles. The van der Waals surface area contributed by atoms with Crippen LogP contribution in [0.2, 0.25) is 0 Å². The molecule has 1 N–H and O–H groups in total. The number of hydrogen-bond donors (Lipinski definition) is 1. The molecule has 24 heavy (non-hydrogen) atoms. The number of urea groups is 1. The first-order valence-corrected chi connectivity index (χ1v) is 8.94. The van der Waals surface area contributed by atoms with E-state index in [9.17, 15) is 14.4 Å². The van der Waals surface area contributed by atoms with Crippen LogP contribution in [0.25, 0.3) is 0 Å². The first-order valence-electron chi connectivity index (χ1n) is 8.14. The maximum Gasteiger partial charge on any atom is 0.350 e. The van der Waals surface area contributed by atoms with Crippen LogP contribution in [-0.4, -0.2) is 41.5 Å². The Bertz CT molecular complexity index is 623. The third kappa shape index (κ3) is 4.87. The number of nitrogens with zero attached hydrogens (tertiary/aromatic N) is 2. The van der Waals surface area contributed by atoms with Gasteiger partial charge in [0.2, 0.25) is 11.8 Å². The molecule has 1 aliphatic carbocycles. The molecule has 1 aliphatic heterocycles. The van der Waals surface area contributed by atoms with Gasteiger partial charge in [0.05, 0.1) is 5.71 Å². The molecule has 4 amide bonds. The fourth-order valence-corrected chi connectivity index (χ4v) is 2.90. The van der Waals surface area contributed by atoms with Crippen LogP contribution in [0.15, 0.2) is 27.7 Å². The lowest BCUT2D eigenvalue weighted by molar-refractivity contribution is -0.130. The van der Waals surface area contributed by atoms with Gasteiger partial charge in [-0.15, -0.1) is 0 Å². The minimum Gasteiger partial charge on any atom is -0.356 e. The van der Waals surface area contributed by atoms with Crippen molar-refractivity contribution in [3.63, 3.8) is 0 Å². The smallest absolute Gasteiger partial charge is 0.350 e. The first-order chi connectivity index (χ1) is 11.4. The van der Waals surface area contributed by atoms with Gasteiger partial charge in [0, 0.05) is 24.0 Å². The second kappa shape index (κ2) is 8.37. The molecule has 0 aromatic rings. The highest BCUT2D eigenvalue weighted by Gasteiger charge is 2.36. The molecule has 0 spiro atoms. The van der Waals surface area contributed by atoms with Gasteiger partial charge in [0.1, 0.15) is 5.92 Å². The van der Waals surface area contributed by atoms with Crippen LogP contribution in [0.1, 0.15) is 33.1 Å². The molecule has 1 unspecified atom stereocenters. The first kappa shape index (κ1) is 18.6. The van der Waals surface area contributed by atoms with Gasteiger partial charge in [0.15, 0.2) is 0 Å². The van der Waals surface area contributed by atoms with Gasteiger partial charge < -0.3 is 5.32 Å². The van der Waals surface area contributed by atoms with Crippen molar-refractivity contribution in [2.75, 3.05) is 13.1 Å². The lowest BCUT2D eigenvalue weighted by Crippen LogP contribution is -2.46. The number of fused-ring (bicyclic) bond motifs is 1. The van der Waals surface area contributed by atoms with Gasteiger partial charge in [-0.3, -0.25) is 14.5 Å². The van der Waals surface area contributed by atoms with Gasteiger partial charge in [-0.05, 0) is 30.9 Å². The summed E-state index contributed by atoms with van der Waals surface area (Å²) < 4.78 is 0.790. The summed E-state index contributed by atoms with van der Waals surface area (Å²) in [5.41, 5.74) is 0.468. The highest BCUT2D eigenvalue weighted by atomic mass is 79.9. The summed E-state index contributed by atoms with van der Waals surface area (Å²) in [6.07, 6.45) is 6.82. The van der Waals surface area contributed by atoms with E-state index in [0.717, 1.165) is 15.8 Å². The fourth-order valence-electron chi connectivity index (χ4n) is 2.50. The van der Waals surface area contributed by atoms with E-state index in [1.54, 1.807) is 18.2 Å². The normalized spacial score (nSPS) is 20.0. The number of aliphatic imine (C=N–C) groups is 1. The van der Waals surface area contributed by atoms with Crippen molar-refractivity contribution in [3.8, 4) is 0 Å². The third-order valence-corrected chi connectivity index (χ3v) is 4.40. The summed E-state index contributed by atoms with van der Waals surface area (Å²) in [6, 6.07) is -0.553. The van der Waals surface area contributed by atoms with Crippen LogP contribution in [0.3, 0.4) is 0 Å². The van der Waals surface area contributed by atoms with Gasteiger partial charge in [-0.1, -0.05) is 35.9 Å². The molecule has 6 nitrogen and oxygen atoms in total. The maximum absolute atomic E-state index is 12.5. The van der Waals surface area contributed by atoms with E-state index >= 15 is 0 Å². The van der Waals surface area contributed by atoms with E-state index in [2.05, 4.69) is 40.1 Å². The Morgan fingerprint density at radius 1 is 1.38 bits per heavy atom. The van der Waals surface area contributed by atoms with Crippen molar-refractivity contribution in [3.05, 3.63) is 22.7 Å². The quantitative estimate of drug-likeness (QED) is 0.719. The standard InChI is InChI=1S/C17H22BrN3O3/c1-11(2)7-8-19-15(22)4-3-9-21-16(23)13-10-12(18)5-6-14(13)20-17(21)24/h5-6,10-11,13H,3-4,7-9H2,1-2H3,(H,19,22). The Morgan fingerprint density at radius 3 is 2.83 bits per heavy atom. The number of imide groups is 1. The van der Waals surface area contributed by atoms with Crippen LogP contribution < -0.4 is 5.32 Å². The molecule has 7 heteroatoms. The van der Waals surface area contributed by atoms with Gasteiger partial charge in [-0.2, -0.15) is 4.99 Å². The van der Waals surface area contributed by atoms with E-state index in [1.165, 1.54) is 0 Å². The molecule has 0 saturated carbocycles. The third-order valence-electron chi connectivity index (χ3n) is 3.87. The second-order valence-corrected chi connectivity index (χ2v) is 7.22. The summed E-state index contributed by atoms with van der Waals surface area (Å²) in [7, 11) is 0. The van der Waals surface area contributed by atoms with Crippen LogP contribution >= 0.6 is 15.9 Å². The van der Waals surface area contributed by atoms with Gasteiger partial charge in [-0.25, -0.2) is 4.79 Å². The zero-order valence-electron chi connectivity index (χ0n) is 13.9. The van der Waals surface area contributed by atoms with E-state index < -0.39 is 11.9 Å². The van der Waals surface area contributed by atoms with Crippen molar-refractivity contribution in [2.24, 2.45) is 16.8 Å². The molecule has 0 radical (unpaired) electrons. The molecule has 0 aromatic heterocycles. The summed E-state index contributed by atoms with van der Waals surface area (Å²) >= 11 is 3.33. The number of halogens is 1. The molecule has 0 fully saturated rings. The Kier molecular flexibility index (Phi) is 6.48. The summed E-state index contributed by atoms with van der Waals surface area (Å²) in [6.45, 7) is 5.06. The lowest BCUT2D eigenvalue weighted by Gasteiger charge is -2.28.